The molecule has 6 rings (SSSR count). The third kappa shape index (κ3) is 4.88. The first-order valence-corrected chi connectivity index (χ1v) is 13.2. The van der Waals surface area contributed by atoms with Gasteiger partial charge in [0.1, 0.15) is 40.4 Å². The summed E-state index contributed by atoms with van der Waals surface area (Å²) >= 11 is 0. The van der Waals surface area contributed by atoms with Crippen LogP contribution in [-0.4, -0.2) is 28.8 Å². The number of fused-ring (bicyclic) bond motifs is 2. The van der Waals surface area contributed by atoms with E-state index in [0.717, 1.165) is 6.07 Å². The van der Waals surface area contributed by atoms with E-state index in [9.17, 15) is 14.0 Å². The summed E-state index contributed by atoms with van der Waals surface area (Å²) < 4.78 is 56.6. The molecule has 0 aliphatic carbocycles. The maximum atomic E-state index is 16.3. The first kappa shape index (κ1) is 27.7. The number of carbonyl (C=O) groups excluding carboxylic acids is 2. The Kier molecular flexibility index (Phi) is 6.93. The number of aromatic nitrogens is 2. The van der Waals surface area contributed by atoms with Crippen molar-refractivity contribution in [3.63, 3.8) is 0 Å². The Morgan fingerprint density at radius 1 is 0.907 bits per heavy atom. The molecule has 8 nitrogen and oxygen atoms in total. The van der Waals surface area contributed by atoms with Crippen LogP contribution in [0, 0.1) is 24.4 Å². The second kappa shape index (κ2) is 10.8. The van der Waals surface area contributed by atoms with Crippen LogP contribution in [0.4, 0.5) is 13.2 Å². The summed E-state index contributed by atoms with van der Waals surface area (Å²) in [6.07, 6.45) is 3.08. The van der Waals surface area contributed by atoms with Gasteiger partial charge in [-0.3, -0.25) is 14.6 Å². The van der Waals surface area contributed by atoms with Crippen LogP contribution in [0.1, 0.15) is 45.1 Å². The van der Waals surface area contributed by atoms with Crippen LogP contribution in [0.2, 0.25) is 0 Å². The van der Waals surface area contributed by atoms with Crippen LogP contribution in [0.15, 0.2) is 75.8 Å². The molecule has 43 heavy (non-hydrogen) atoms. The van der Waals surface area contributed by atoms with Crippen molar-refractivity contribution < 1.29 is 31.6 Å². The molecule has 0 aliphatic rings. The highest BCUT2D eigenvalue weighted by Crippen LogP contribution is 2.40. The molecular formula is C32H23F3N4O4. The topological polar surface area (TPSA) is 110 Å². The second-order valence-electron chi connectivity index (χ2n) is 9.91. The summed E-state index contributed by atoms with van der Waals surface area (Å²) in [6.45, 7) is 3.12. The highest BCUT2D eigenvalue weighted by Gasteiger charge is 2.27. The minimum atomic E-state index is -0.846. The number of rotatable bonds is 6. The highest BCUT2D eigenvalue weighted by atomic mass is 19.1. The molecule has 6 aromatic rings. The summed E-state index contributed by atoms with van der Waals surface area (Å²) in [5.41, 5.74) is 1.44. The van der Waals surface area contributed by atoms with Crippen molar-refractivity contribution in [2.24, 2.45) is 0 Å². The molecule has 3 aromatic carbocycles. The average Bonchev–Trinajstić information content (AvgIpc) is 3.62. The number of hydrogen-bond acceptors (Lipinski definition) is 6. The van der Waals surface area contributed by atoms with Crippen molar-refractivity contribution in [1.82, 2.24) is 20.6 Å². The first-order chi connectivity index (χ1) is 20.7. The lowest BCUT2D eigenvalue weighted by Crippen LogP contribution is -2.27. The molecule has 3 heterocycles. The maximum absolute atomic E-state index is 16.3. The number of hydrogen-bond donors (Lipinski definition) is 2. The van der Waals surface area contributed by atoms with Gasteiger partial charge in [-0.1, -0.05) is 0 Å². The van der Waals surface area contributed by atoms with Crippen molar-refractivity contribution in [3.8, 4) is 22.5 Å². The summed E-state index contributed by atoms with van der Waals surface area (Å²) in [5, 5.41) is 5.08. The molecule has 2 amide bonds. The Morgan fingerprint density at radius 3 is 2.40 bits per heavy atom. The van der Waals surface area contributed by atoms with Crippen LogP contribution in [-0.2, 0) is 0 Å². The molecule has 1 atom stereocenters. The fraction of sp³-hybridized carbons (Fsp3) is 0.125. The zero-order valence-corrected chi connectivity index (χ0v) is 23.1. The predicted octanol–water partition coefficient (Wildman–Crippen LogP) is 6.88. The summed E-state index contributed by atoms with van der Waals surface area (Å²) in [5.74, 6) is -3.05. The van der Waals surface area contributed by atoms with Gasteiger partial charge >= 0.3 is 0 Å². The van der Waals surface area contributed by atoms with E-state index in [1.165, 1.54) is 62.6 Å². The van der Waals surface area contributed by atoms with Crippen LogP contribution in [0.3, 0.4) is 0 Å². The Balaban J connectivity index is 1.41. The zero-order valence-electron chi connectivity index (χ0n) is 23.1. The van der Waals surface area contributed by atoms with E-state index in [1.54, 1.807) is 19.2 Å². The smallest absolute Gasteiger partial charge is 0.255 e. The van der Waals surface area contributed by atoms with Gasteiger partial charge in [0, 0.05) is 36.0 Å². The molecule has 0 aliphatic heterocycles. The van der Waals surface area contributed by atoms with Crippen molar-refractivity contribution in [2.45, 2.75) is 19.9 Å². The van der Waals surface area contributed by atoms with E-state index < -0.39 is 35.3 Å². The van der Waals surface area contributed by atoms with E-state index in [1.807, 2.05) is 0 Å². The number of oxazole rings is 1. The largest absolute Gasteiger partial charge is 0.455 e. The lowest BCUT2D eigenvalue weighted by atomic mass is 9.94. The standard InChI is InChI=1S/C32H23F3N4O4/c1-15-21(12-18(13-22(15)34)30(40)38-16(2)32-39-23-14-37-11-10-24(23)43-32)20-8-9-25-26(28(20)35)27(31(41)36-3)29(42-25)17-4-6-19(33)7-5-17/h4-14,16H,1-3H3,(H,36,41)(H,38,40). The lowest BCUT2D eigenvalue weighted by molar-refractivity contribution is 0.0932. The summed E-state index contributed by atoms with van der Waals surface area (Å²) in [6, 6.07) is 11.5. The van der Waals surface area contributed by atoms with Gasteiger partial charge in [-0.05, 0) is 73.5 Å². The number of amides is 2. The number of nitrogens with one attached hydrogen (secondary N) is 2. The Bertz CT molecular complexity index is 2020. The van der Waals surface area contributed by atoms with E-state index in [2.05, 4.69) is 20.6 Å². The molecule has 0 spiro atoms. The van der Waals surface area contributed by atoms with Crippen LogP contribution in [0.5, 0.6) is 0 Å². The molecule has 0 saturated carbocycles. The highest BCUT2D eigenvalue weighted by molar-refractivity contribution is 6.12. The van der Waals surface area contributed by atoms with Gasteiger partial charge in [0.05, 0.1) is 17.1 Å². The predicted molar refractivity (Wildman–Crippen MR) is 153 cm³/mol. The molecule has 0 radical (unpaired) electrons. The van der Waals surface area contributed by atoms with E-state index >= 15 is 8.78 Å². The normalized spacial score (nSPS) is 12.0. The SMILES string of the molecule is CNC(=O)c1c(-c2ccc(F)cc2)oc2ccc(-c3cc(C(=O)NC(C)c4nc5cnccc5o4)cc(F)c3C)c(F)c12. The maximum Gasteiger partial charge on any atom is 0.255 e. The van der Waals surface area contributed by atoms with E-state index in [4.69, 9.17) is 8.83 Å². The van der Waals surface area contributed by atoms with Gasteiger partial charge in [0.2, 0.25) is 5.89 Å². The Labute approximate surface area is 242 Å². The van der Waals surface area contributed by atoms with Crippen molar-refractivity contribution in [2.75, 3.05) is 7.05 Å². The van der Waals surface area contributed by atoms with Crippen LogP contribution in [0.25, 0.3) is 44.5 Å². The first-order valence-electron chi connectivity index (χ1n) is 13.2. The molecule has 0 saturated heterocycles. The molecule has 0 bridgehead atoms. The van der Waals surface area contributed by atoms with Gasteiger partial charge in [0.25, 0.3) is 11.8 Å². The number of carbonyl (C=O) groups is 2. The fourth-order valence-electron chi connectivity index (χ4n) is 4.92. The Morgan fingerprint density at radius 2 is 1.67 bits per heavy atom. The quantitative estimate of drug-likeness (QED) is 0.221. The lowest BCUT2D eigenvalue weighted by Gasteiger charge is -2.14. The van der Waals surface area contributed by atoms with Crippen LogP contribution >= 0.6 is 0 Å². The molecule has 11 heteroatoms. The zero-order chi connectivity index (χ0) is 30.4. The molecule has 2 N–H and O–H groups in total. The number of halogens is 3. The van der Waals surface area contributed by atoms with Gasteiger partial charge < -0.3 is 19.5 Å². The molecule has 3 aromatic heterocycles. The summed E-state index contributed by atoms with van der Waals surface area (Å²) in [7, 11) is 1.39. The minimum Gasteiger partial charge on any atom is -0.455 e. The number of nitrogens with zero attached hydrogens (tertiary/aromatic N) is 2. The van der Waals surface area contributed by atoms with Gasteiger partial charge in [-0.15, -0.1) is 0 Å². The van der Waals surface area contributed by atoms with E-state index in [-0.39, 0.29) is 50.4 Å². The second-order valence-corrected chi connectivity index (χ2v) is 9.91. The number of pyridine rings is 1. The van der Waals surface area contributed by atoms with Crippen molar-refractivity contribution >= 4 is 33.9 Å². The molecular weight excluding hydrogens is 561 g/mol. The van der Waals surface area contributed by atoms with Gasteiger partial charge in [-0.2, -0.15) is 0 Å². The monoisotopic (exact) mass is 584 g/mol. The summed E-state index contributed by atoms with van der Waals surface area (Å²) in [4.78, 5) is 34.5. The van der Waals surface area contributed by atoms with E-state index in [0.29, 0.717) is 16.7 Å². The van der Waals surface area contributed by atoms with Gasteiger partial charge in [-0.25, -0.2) is 18.2 Å². The third-order valence-electron chi connectivity index (χ3n) is 7.17. The fourth-order valence-corrected chi connectivity index (χ4v) is 4.92. The number of benzene rings is 3. The minimum absolute atomic E-state index is 0.0466. The number of furan rings is 1. The molecule has 0 fully saturated rings. The average molecular weight is 585 g/mol. The van der Waals surface area contributed by atoms with Crippen molar-refractivity contribution in [1.29, 1.82) is 0 Å². The van der Waals surface area contributed by atoms with Crippen molar-refractivity contribution in [3.05, 3.63) is 107 Å². The molecule has 1 unspecified atom stereocenters. The molecule has 216 valence electrons. The van der Waals surface area contributed by atoms with Gasteiger partial charge in [0.15, 0.2) is 5.58 Å². The Hall–Kier alpha value is -5.45. The third-order valence-corrected chi connectivity index (χ3v) is 7.17. The van der Waals surface area contributed by atoms with Crippen LogP contribution < -0.4 is 10.6 Å².